The van der Waals surface area contributed by atoms with Gasteiger partial charge in [0.05, 0.1) is 7.11 Å². The molecule has 0 bridgehead atoms. The van der Waals surface area contributed by atoms with Crippen LogP contribution < -0.4 is 20.3 Å². The van der Waals surface area contributed by atoms with Crippen molar-refractivity contribution in [3.05, 3.63) is 46.4 Å². The van der Waals surface area contributed by atoms with Crippen molar-refractivity contribution in [1.29, 1.82) is 5.26 Å². The van der Waals surface area contributed by atoms with Crippen LogP contribution in [0.5, 0.6) is 11.5 Å². The Morgan fingerprint density at radius 3 is 2.73 bits per heavy atom. The summed E-state index contributed by atoms with van der Waals surface area (Å²) in [5.74, 6) is 1.62. The number of hydrogen-bond donors (Lipinski definition) is 1. The van der Waals surface area contributed by atoms with Crippen LogP contribution in [-0.2, 0) is 0 Å². The molecule has 0 spiro atoms. The van der Waals surface area contributed by atoms with Gasteiger partial charge in [0.15, 0.2) is 11.5 Å². The standard InChI is InChI=1S/C24H28N6O3/c1-29(2)10-11-33-20-9-8-18(13-21(20)32-3)27-24-26-15-17-12-16(14-25)23(31)30(22(17)28-24)19-6-4-5-7-19/h8-9,12-13,15,19H,4-7,10-11H2,1-3H3,(H,26,27,28). The topological polar surface area (TPSA) is 105 Å². The molecule has 1 aliphatic rings. The van der Waals surface area contributed by atoms with Gasteiger partial charge in [-0.25, -0.2) is 4.98 Å². The number of fused-ring (bicyclic) bond motifs is 1. The second kappa shape index (κ2) is 9.88. The Hall–Kier alpha value is -3.64. The van der Waals surface area contributed by atoms with Crippen molar-refractivity contribution in [3.8, 4) is 17.6 Å². The molecule has 0 aliphatic heterocycles. The van der Waals surface area contributed by atoms with Gasteiger partial charge in [0.1, 0.15) is 23.9 Å². The molecular weight excluding hydrogens is 420 g/mol. The second-order valence-electron chi connectivity index (χ2n) is 8.40. The normalized spacial score (nSPS) is 13.9. The number of nitrogens with one attached hydrogen (secondary N) is 1. The first-order chi connectivity index (χ1) is 16.0. The first kappa shape index (κ1) is 22.6. The van der Waals surface area contributed by atoms with Gasteiger partial charge in [0.25, 0.3) is 5.56 Å². The Kier molecular flexibility index (Phi) is 6.75. The molecule has 9 nitrogen and oxygen atoms in total. The van der Waals surface area contributed by atoms with Crippen LogP contribution in [0, 0.1) is 11.3 Å². The summed E-state index contributed by atoms with van der Waals surface area (Å²) in [5.41, 5.74) is 1.10. The highest BCUT2D eigenvalue weighted by Gasteiger charge is 2.22. The van der Waals surface area contributed by atoms with Crippen LogP contribution in [0.2, 0.25) is 0 Å². The Morgan fingerprint density at radius 2 is 2.03 bits per heavy atom. The molecule has 1 aliphatic carbocycles. The minimum absolute atomic E-state index is 0.0507. The summed E-state index contributed by atoms with van der Waals surface area (Å²) < 4.78 is 13.0. The molecule has 2 aromatic heterocycles. The van der Waals surface area contributed by atoms with E-state index in [4.69, 9.17) is 9.47 Å². The summed E-state index contributed by atoms with van der Waals surface area (Å²) in [6.07, 6.45) is 5.58. The molecule has 0 saturated heterocycles. The molecule has 172 valence electrons. The fourth-order valence-electron chi connectivity index (χ4n) is 4.09. The molecule has 2 heterocycles. The molecule has 1 saturated carbocycles. The van der Waals surface area contributed by atoms with Crippen LogP contribution in [0.25, 0.3) is 11.0 Å². The predicted molar refractivity (Wildman–Crippen MR) is 126 cm³/mol. The highest BCUT2D eigenvalue weighted by atomic mass is 16.5. The number of anilines is 2. The number of rotatable bonds is 8. The van der Waals surface area contributed by atoms with E-state index in [9.17, 15) is 10.1 Å². The maximum atomic E-state index is 12.9. The maximum Gasteiger partial charge on any atom is 0.270 e. The smallest absolute Gasteiger partial charge is 0.270 e. The van der Waals surface area contributed by atoms with Crippen LogP contribution in [0.1, 0.15) is 37.3 Å². The summed E-state index contributed by atoms with van der Waals surface area (Å²) in [7, 11) is 5.58. The molecule has 1 fully saturated rings. The lowest BCUT2D eigenvalue weighted by molar-refractivity contribution is 0.251. The fraction of sp³-hybridized carbons (Fsp3) is 0.417. The lowest BCUT2D eigenvalue weighted by Gasteiger charge is -2.17. The monoisotopic (exact) mass is 448 g/mol. The molecule has 0 amide bonds. The molecule has 1 aromatic carbocycles. The largest absolute Gasteiger partial charge is 0.493 e. The zero-order valence-corrected chi connectivity index (χ0v) is 19.2. The summed E-state index contributed by atoms with van der Waals surface area (Å²) >= 11 is 0. The Balaban J connectivity index is 1.65. The van der Waals surface area contributed by atoms with Gasteiger partial charge >= 0.3 is 0 Å². The highest BCUT2D eigenvalue weighted by molar-refractivity contribution is 5.77. The van der Waals surface area contributed by atoms with Gasteiger partial charge in [-0.05, 0) is 45.1 Å². The molecular formula is C24H28N6O3. The number of ether oxygens (including phenoxy) is 2. The van der Waals surface area contributed by atoms with Crippen molar-refractivity contribution in [1.82, 2.24) is 19.4 Å². The lowest BCUT2D eigenvalue weighted by atomic mass is 10.2. The molecule has 3 aromatic rings. The van der Waals surface area contributed by atoms with E-state index in [2.05, 4.69) is 15.3 Å². The average molecular weight is 449 g/mol. The third kappa shape index (κ3) is 4.91. The Morgan fingerprint density at radius 1 is 1.24 bits per heavy atom. The van der Waals surface area contributed by atoms with Crippen molar-refractivity contribution < 1.29 is 9.47 Å². The summed E-state index contributed by atoms with van der Waals surface area (Å²) in [6.45, 7) is 1.34. The second-order valence-corrected chi connectivity index (χ2v) is 8.40. The molecule has 9 heteroatoms. The zero-order chi connectivity index (χ0) is 23.4. The van der Waals surface area contributed by atoms with Gasteiger partial charge in [-0.2, -0.15) is 10.2 Å². The van der Waals surface area contributed by atoms with Crippen LogP contribution in [0.4, 0.5) is 11.6 Å². The molecule has 0 unspecified atom stereocenters. The van der Waals surface area contributed by atoms with Crippen molar-refractivity contribution >= 4 is 22.7 Å². The number of pyridine rings is 1. The number of methoxy groups -OCH3 is 1. The fourth-order valence-corrected chi connectivity index (χ4v) is 4.09. The molecule has 4 rings (SSSR count). The molecule has 0 radical (unpaired) electrons. The van der Waals surface area contributed by atoms with E-state index in [1.807, 2.05) is 43.3 Å². The molecule has 1 N–H and O–H groups in total. The van der Waals surface area contributed by atoms with Crippen LogP contribution in [0.3, 0.4) is 0 Å². The van der Waals surface area contributed by atoms with E-state index in [-0.39, 0.29) is 17.2 Å². The third-order valence-corrected chi connectivity index (χ3v) is 5.80. The van der Waals surface area contributed by atoms with Gasteiger partial charge in [-0.15, -0.1) is 0 Å². The quantitative estimate of drug-likeness (QED) is 0.558. The Bertz CT molecular complexity index is 1240. The van der Waals surface area contributed by atoms with Crippen molar-refractivity contribution in [3.63, 3.8) is 0 Å². The SMILES string of the molecule is COc1cc(Nc2ncc3cc(C#N)c(=O)n(C4CCCC4)c3n2)ccc1OCCN(C)C. The van der Waals surface area contributed by atoms with E-state index in [1.54, 1.807) is 23.9 Å². The van der Waals surface area contributed by atoms with Crippen LogP contribution in [0.15, 0.2) is 35.3 Å². The highest BCUT2D eigenvalue weighted by Crippen LogP contribution is 2.32. The van der Waals surface area contributed by atoms with Gasteiger partial charge in [-0.3, -0.25) is 9.36 Å². The van der Waals surface area contributed by atoms with Crippen molar-refractivity contribution in [2.75, 3.05) is 39.7 Å². The number of nitrogens with zero attached hydrogens (tertiary/aromatic N) is 5. The predicted octanol–water partition coefficient (Wildman–Crippen LogP) is 3.47. The summed E-state index contributed by atoms with van der Waals surface area (Å²) in [5, 5.41) is 13.3. The van der Waals surface area contributed by atoms with Gasteiger partial charge in [-0.1, -0.05) is 12.8 Å². The number of benzene rings is 1. The lowest BCUT2D eigenvalue weighted by Crippen LogP contribution is -2.26. The Labute approximate surface area is 192 Å². The maximum absolute atomic E-state index is 12.9. The van der Waals surface area contributed by atoms with Gasteiger partial charge in [0.2, 0.25) is 5.95 Å². The molecule has 33 heavy (non-hydrogen) atoms. The van der Waals surface area contributed by atoms with E-state index in [0.717, 1.165) is 37.9 Å². The first-order valence-electron chi connectivity index (χ1n) is 11.0. The number of likely N-dealkylation sites (N-methyl/N-ethyl adjacent to an activating group) is 1. The minimum atomic E-state index is -0.289. The van der Waals surface area contributed by atoms with Gasteiger partial charge in [0, 0.05) is 35.9 Å². The first-order valence-corrected chi connectivity index (χ1v) is 11.0. The summed E-state index contributed by atoms with van der Waals surface area (Å²) in [6, 6.07) is 9.15. The van der Waals surface area contributed by atoms with Crippen LogP contribution in [-0.4, -0.2) is 53.8 Å². The molecule has 0 atom stereocenters. The van der Waals surface area contributed by atoms with Crippen molar-refractivity contribution in [2.45, 2.75) is 31.7 Å². The van der Waals surface area contributed by atoms with Crippen LogP contribution >= 0.6 is 0 Å². The van der Waals surface area contributed by atoms with E-state index in [1.165, 1.54) is 0 Å². The number of nitriles is 1. The van der Waals surface area contributed by atoms with Crippen molar-refractivity contribution in [2.24, 2.45) is 0 Å². The zero-order valence-electron chi connectivity index (χ0n) is 19.2. The third-order valence-electron chi connectivity index (χ3n) is 5.80. The van der Waals surface area contributed by atoms with E-state index in [0.29, 0.717) is 35.1 Å². The average Bonchev–Trinajstić information content (AvgIpc) is 3.33. The number of aromatic nitrogens is 3. The summed E-state index contributed by atoms with van der Waals surface area (Å²) in [4.78, 5) is 24.0. The van der Waals surface area contributed by atoms with E-state index < -0.39 is 0 Å². The minimum Gasteiger partial charge on any atom is -0.493 e. The number of hydrogen-bond acceptors (Lipinski definition) is 8. The van der Waals surface area contributed by atoms with Gasteiger partial charge < -0.3 is 19.7 Å². The van der Waals surface area contributed by atoms with E-state index >= 15 is 0 Å².